The maximum absolute atomic E-state index is 8.67. The molecule has 0 saturated heterocycles. The zero-order valence-corrected chi connectivity index (χ0v) is 5.70. The molecule has 0 atom stereocenters. The summed E-state index contributed by atoms with van der Waals surface area (Å²) in [5.41, 5.74) is 5.02. The zero-order valence-electron chi connectivity index (χ0n) is 4.88. The first-order valence-corrected chi connectivity index (χ1v) is 2.60. The van der Waals surface area contributed by atoms with Crippen LogP contribution in [0, 0.1) is 11.3 Å². The highest BCUT2D eigenvalue weighted by Gasteiger charge is 2.01. The molecule has 0 aliphatic heterocycles. The van der Waals surface area contributed by atoms with Crippen molar-refractivity contribution >= 4 is 17.2 Å². The largest absolute Gasteiger partial charge is 0.511 e. The highest BCUT2D eigenvalue weighted by molar-refractivity contribution is 7.80. The van der Waals surface area contributed by atoms with Gasteiger partial charge in [0.25, 0.3) is 0 Å². The third-order valence-electron chi connectivity index (χ3n) is 0.720. The van der Waals surface area contributed by atoms with Crippen molar-refractivity contribution in [1.29, 1.82) is 5.26 Å². The van der Waals surface area contributed by atoms with Gasteiger partial charge in [-0.15, -0.1) is 0 Å². The molecule has 0 unspecified atom stereocenters. The van der Waals surface area contributed by atoms with Crippen LogP contribution in [0.15, 0.2) is 11.3 Å². The predicted octanol–water partition coefficient (Wildman–Crippen LogP) is 0.628. The third kappa shape index (κ3) is 2.11. The molecule has 0 aliphatic carbocycles. The summed E-state index contributed by atoms with van der Waals surface area (Å²) >= 11 is 4.43. The molecule has 0 saturated carbocycles. The van der Waals surface area contributed by atoms with Crippen molar-refractivity contribution in [2.45, 2.75) is 6.92 Å². The Morgan fingerprint density at radius 2 is 2.22 bits per heavy atom. The molecular weight excluding hydrogens is 136 g/mol. The van der Waals surface area contributed by atoms with Crippen molar-refractivity contribution in [2.24, 2.45) is 5.73 Å². The van der Waals surface area contributed by atoms with Crippen LogP contribution in [0.1, 0.15) is 6.92 Å². The van der Waals surface area contributed by atoms with Crippen LogP contribution in [0.4, 0.5) is 0 Å². The second-order valence-corrected chi connectivity index (χ2v) is 1.88. The number of nitrogens with two attached hydrogens (primary N) is 1. The highest BCUT2D eigenvalue weighted by atomic mass is 32.1. The van der Waals surface area contributed by atoms with Crippen LogP contribution in [0.3, 0.4) is 0 Å². The fourth-order valence-electron chi connectivity index (χ4n) is 0.314. The zero-order chi connectivity index (χ0) is 7.44. The maximum Gasteiger partial charge on any atom is 0.123 e. The Kier molecular flexibility index (Phi) is 2.68. The summed E-state index contributed by atoms with van der Waals surface area (Å²) in [5.74, 6) is -0.134. The molecule has 0 heterocycles. The number of nitriles is 1. The maximum atomic E-state index is 8.67. The topological polar surface area (TPSA) is 70.0 Å². The molecule has 3 nitrogen and oxygen atoms in total. The molecule has 3 N–H and O–H groups in total. The smallest absolute Gasteiger partial charge is 0.123 e. The van der Waals surface area contributed by atoms with Crippen molar-refractivity contribution in [3.05, 3.63) is 11.3 Å². The molecule has 0 amide bonds. The van der Waals surface area contributed by atoms with E-state index < -0.39 is 0 Å². The predicted molar refractivity (Wildman–Crippen MR) is 37.7 cm³/mol. The summed E-state index contributed by atoms with van der Waals surface area (Å²) in [4.78, 5) is -0.0718. The Labute approximate surface area is 58.4 Å². The normalized spacial score (nSPS) is 11.6. The number of rotatable bonds is 1. The summed E-state index contributed by atoms with van der Waals surface area (Å²) < 4.78 is 0. The molecule has 9 heavy (non-hydrogen) atoms. The molecule has 0 fully saturated rings. The number of thiocarbonyl (C=S) groups is 1. The van der Waals surface area contributed by atoms with Crippen LogP contribution < -0.4 is 5.73 Å². The van der Waals surface area contributed by atoms with E-state index in [-0.39, 0.29) is 16.3 Å². The molecule has 4 heteroatoms. The van der Waals surface area contributed by atoms with E-state index in [1.165, 1.54) is 6.92 Å². The van der Waals surface area contributed by atoms with Crippen molar-refractivity contribution in [3.63, 3.8) is 0 Å². The summed E-state index contributed by atoms with van der Waals surface area (Å²) in [5, 5.41) is 16.9. The first-order valence-electron chi connectivity index (χ1n) is 2.19. The Morgan fingerprint density at radius 3 is 2.22 bits per heavy atom. The van der Waals surface area contributed by atoms with Gasteiger partial charge in [-0.25, -0.2) is 0 Å². The number of hydrogen-bond donors (Lipinski definition) is 2. The molecule has 0 rings (SSSR count). The van der Waals surface area contributed by atoms with Crippen LogP contribution >= 0.6 is 12.2 Å². The molecule has 0 bridgehead atoms. The van der Waals surface area contributed by atoms with E-state index in [1.807, 2.05) is 0 Å². The molecule has 0 aliphatic rings. The van der Waals surface area contributed by atoms with Gasteiger partial charge >= 0.3 is 0 Å². The minimum absolute atomic E-state index is 0.0231. The van der Waals surface area contributed by atoms with Crippen molar-refractivity contribution in [3.8, 4) is 6.07 Å². The van der Waals surface area contributed by atoms with E-state index in [9.17, 15) is 0 Å². The molecule has 0 aromatic heterocycles. The van der Waals surface area contributed by atoms with E-state index in [0.717, 1.165) is 0 Å². The van der Waals surface area contributed by atoms with Gasteiger partial charge in [0, 0.05) is 0 Å². The quantitative estimate of drug-likeness (QED) is 0.244. The van der Waals surface area contributed by atoms with E-state index in [1.54, 1.807) is 6.07 Å². The Bertz CT molecular complexity index is 197. The third-order valence-corrected chi connectivity index (χ3v) is 0.924. The van der Waals surface area contributed by atoms with Crippen molar-refractivity contribution < 1.29 is 5.11 Å². The molecule has 0 aromatic carbocycles. The lowest BCUT2D eigenvalue weighted by Crippen LogP contribution is -2.11. The molecule has 0 radical (unpaired) electrons. The van der Waals surface area contributed by atoms with Crippen molar-refractivity contribution in [2.75, 3.05) is 0 Å². The van der Waals surface area contributed by atoms with E-state index in [0.29, 0.717) is 0 Å². The van der Waals surface area contributed by atoms with Crippen LogP contribution in [0.5, 0.6) is 0 Å². The van der Waals surface area contributed by atoms with Gasteiger partial charge in [0.2, 0.25) is 0 Å². The lowest BCUT2D eigenvalue weighted by Gasteiger charge is -1.93. The number of nitrogens with zero attached hydrogens (tertiary/aromatic N) is 1. The second kappa shape index (κ2) is 3.05. The average molecular weight is 142 g/mol. The van der Waals surface area contributed by atoms with Gasteiger partial charge in [-0.1, -0.05) is 12.2 Å². The lowest BCUT2D eigenvalue weighted by molar-refractivity contribution is 0.412. The summed E-state index contributed by atoms with van der Waals surface area (Å²) in [6.07, 6.45) is 0. The Hall–Kier alpha value is -1.08. The molecule has 0 aromatic rings. The van der Waals surface area contributed by atoms with Gasteiger partial charge in [-0.2, -0.15) is 5.26 Å². The van der Waals surface area contributed by atoms with Gasteiger partial charge in [0.05, 0.1) is 0 Å². The Morgan fingerprint density at radius 1 is 1.78 bits per heavy atom. The van der Waals surface area contributed by atoms with Gasteiger partial charge in [-0.3, -0.25) is 0 Å². The monoisotopic (exact) mass is 142 g/mol. The van der Waals surface area contributed by atoms with Crippen molar-refractivity contribution in [1.82, 2.24) is 0 Å². The first kappa shape index (κ1) is 7.92. The van der Waals surface area contributed by atoms with Gasteiger partial charge in [0.1, 0.15) is 22.4 Å². The number of hydrogen-bond acceptors (Lipinski definition) is 3. The fourth-order valence-corrected chi connectivity index (χ4v) is 0.508. The average Bonchev–Trinajstić information content (AvgIpc) is 1.64. The minimum atomic E-state index is -0.134. The molecule has 48 valence electrons. The lowest BCUT2D eigenvalue weighted by atomic mass is 10.2. The number of aliphatic hydroxyl groups is 1. The number of allylic oxidation sites excluding steroid dienone is 1. The van der Waals surface area contributed by atoms with E-state index in [4.69, 9.17) is 16.1 Å². The van der Waals surface area contributed by atoms with E-state index in [2.05, 4.69) is 12.2 Å². The highest BCUT2D eigenvalue weighted by Crippen LogP contribution is 1.97. The second-order valence-electron chi connectivity index (χ2n) is 1.44. The molecule has 0 spiro atoms. The van der Waals surface area contributed by atoms with Gasteiger partial charge < -0.3 is 10.8 Å². The summed E-state index contributed by atoms with van der Waals surface area (Å²) in [7, 11) is 0. The van der Waals surface area contributed by atoms with Crippen LogP contribution in [-0.4, -0.2) is 10.1 Å². The van der Waals surface area contributed by atoms with Gasteiger partial charge in [-0.05, 0) is 6.92 Å². The minimum Gasteiger partial charge on any atom is -0.511 e. The van der Waals surface area contributed by atoms with Gasteiger partial charge in [0.15, 0.2) is 0 Å². The SMILES string of the molecule is C/C(O)=C(\C#N)C(N)=S. The van der Waals surface area contributed by atoms with Crippen LogP contribution in [0.25, 0.3) is 0 Å². The Balaban J connectivity index is 4.62. The molecular formula is C5H6N2OS. The van der Waals surface area contributed by atoms with Crippen LogP contribution in [-0.2, 0) is 0 Å². The fraction of sp³-hybridized carbons (Fsp3) is 0.200. The van der Waals surface area contributed by atoms with E-state index >= 15 is 0 Å². The van der Waals surface area contributed by atoms with Crippen LogP contribution in [0.2, 0.25) is 0 Å². The number of aliphatic hydroxyl groups excluding tert-OH is 1. The summed E-state index contributed by atoms with van der Waals surface area (Å²) in [6.45, 7) is 1.36. The summed E-state index contributed by atoms with van der Waals surface area (Å²) in [6, 6.07) is 1.66. The first-order chi connectivity index (χ1) is 4.09. The standard InChI is InChI=1S/C5H6N2OS/c1-3(8)4(2-6)5(7)9/h8H,1H3,(H2,7,9)/b4-3-.